The Morgan fingerprint density at radius 2 is 2.03 bits per heavy atom. The normalized spacial score (nSPS) is 20.9. The van der Waals surface area contributed by atoms with Crippen LogP contribution in [0.15, 0.2) is 58.2 Å². The monoisotopic (exact) mass is 513 g/mol. The minimum Gasteiger partial charge on any atom is -0.497 e. The zero-order valence-corrected chi connectivity index (χ0v) is 21.6. The first-order valence-electron chi connectivity index (χ1n) is 11.8. The molecule has 192 valence electrons. The van der Waals surface area contributed by atoms with Gasteiger partial charge in [0.1, 0.15) is 18.1 Å². The molecule has 0 aliphatic carbocycles. The molecule has 10 heteroatoms. The highest BCUT2D eigenvalue weighted by Crippen LogP contribution is 2.46. The summed E-state index contributed by atoms with van der Waals surface area (Å²) < 4.78 is 22.0. The van der Waals surface area contributed by atoms with Gasteiger partial charge in [-0.15, -0.1) is 0 Å². The molecule has 0 radical (unpaired) electrons. The van der Waals surface area contributed by atoms with Gasteiger partial charge in [-0.1, -0.05) is 24.4 Å². The highest BCUT2D eigenvalue weighted by molar-refractivity contribution is 8.16. The molecule has 1 fully saturated rings. The van der Waals surface area contributed by atoms with E-state index in [1.807, 2.05) is 22.4 Å². The Bertz CT molecular complexity index is 1100. The van der Waals surface area contributed by atoms with Gasteiger partial charge in [-0.25, -0.2) is 9.79 Å². The largest absolute Gasteiger partial charge is 0.497 e. The number of aliphatic imine (C=N–C) groups is 1. The summed E-state index contributed by atoms with van der Waals surface area (Å²) in [4.78, 5) is 32.7. The molecule has 3 aliphatic rings. The predicted octanol–water partition coefficient (Wildman–Crippen LogP) is 3.69. The second-order valence-electron chi connectivity index (χ2n) is 8.54. The van der Waals surface area contributed by atoms with Gasteiger partial charge in [-0.2, -0.15) is 0 Å². The number of carbonyl (C=O) groups excluding carboxylic acids is 2. The first kappa shape index (κ1) is 25.8. The van der Waals surface area contributed by atoms with Gasteiger partial charge in [0.25, 0.3) is 0 Å². The van der Waals surface area contributed by atoms with Gasteiger partial charge >= 0.3 is 5.97 Å². The molecular weight excluding hydrogens is 482 g/mol. The zero-order valence-electron chi connectivity index (χ0n) is 20.7. The van der Waals surface area contributed by atoms with E-state index < -0.39 is 12.0 Å². The SMILES string of the molecule is C=CCOC(=O)C1=C(C)N=C2SC=C(CC(=O)NCC3CCCO3)N2C1c1cc(OC)cc(OC)c1. The second-order valence-corrected chi connectivity index (χ2v) is 9.38. The molecule has 2 unspecified atom stereocenters. The molecule has 1 amide bonds. The van der Waals surface area contributed by atoms with Crippen LogP contribution in [0, 0.1) is 0 Å². The van der Waals surface area contributed by atoms with Crippen LogP contribution in [0.5, 0.6) is 11.5 Å². The fraction of sp³-hybridized carbons (Fsp3) is 0.423. The van der Waals surface area contributed by atoms with E-state index in [1.165, 1.54) is 17.8 Å². The number of allylic oxidation sites excluding steroid dienone is 1. The van der Waals surface area contributed by atoms with Crippen molar-refractivity contribution < 1.29 is 28.5 Å². The number of benzene rings is 1. The minimum atomic E-state index is -0.592. The lowest BCUT2D eigenvalue weighted by Crippen LogP contribution is -2.38. The van der Waals surface area contributed by atoms with Gasteiger partial charge in [0.05, 0.1) is 44.1 Å². The number of nitrogens with zero attached hydrogens (tertiary/aromatic N) is 2. The third kappa shape index (κ3) is 5.60. The first-order chi connectivity index (χ1) is 17.4. The van der Waals surface area contributed by atoms with E-state index >= 15 is 0 Å². The van der Waals surface area contributed by atoms with Crippen molar-refractivity contribution in [3.63, 3.8) is 0 Å². The summed E-state index contributed by atoms with van der Waals surface area (Å²) in [7, 11) is 3.14. The van der Waals surface area contributed by atoms with Crippen LogP contribution in [0.4, 0.5) is 0 Å². The fourth-order valence-electron chi connectivity index (χ4n) is 4.41. The lowest BCUT2D eigenvalue weighted by molar-refractivity contribution is -0.138. The molecule has 0 saturated carbocycles. The Labute approximate surface area is 215 Å². The maximum Gasteiger partial charge on any atom is 0.338 e. The third-order valence-electron chi connectivity index (χ3n) is 6.13. The van der Waals surface area contributed by atoms with Crippen LogP contribution in [0.25, 0.3) is 0 Å². The summed E-state index contributed by atoms with van der Waals surface area (Å²) >= 11 is 1.42. The van der Waals surface area contributed by atoms with Gasteiger partial charge in [0.15, 0.2) is 5.17 Å². The predicted molar refractivity (Wildman–Crippen MR) is 138 cm³/mol. The molecule has 0 bridgehead atoms. The van der Waals surface area contributed by atoms with Gasteiger partial charge < -0.3 is 29.2 Å². The summed E-state index contributed by atoms with van der Waals surface area (Å²) in [5.74, 6) is 0.539. The number of nitrogens with one attached hydrogen (secondary N) is 1. The van der Waals surface area contributed by atoms with E-state index in [4.69, 9.17) is 18.9 Å². The standard InChI is InChI=1S/C26H31N3O6S/c1-5-8-35-25(31)23-16(2)28-26-29(24(23)17-10-20(32-3)13-21(11-17)33-4)18(15-36-26)12-22(30)27-14-19-7-6-9-34-19/h5,10-11,13,15,19,24H,1,6-9,12,14H2,2-4H3,(H,27,30). The number of thioether (sulfide) groups is 1. The van der Waals surface area contributed by atoms with Gasteiger partial charge in [-0.05, 0) is 42.9 Å². The lowest BCUT2D eigenvalue weighted by atomic mass is 9.93. The highest BCUT2D eigenvalue weighted by Gasteiger charge is 2.41. The van der Waals surface area contributed by atoms with Crippen molar-refractivity contribution in [2.45, 2.75) is 38.3 Å². The average molecular weight is 514 g/mol. The number of carbonyl (C=O) groups is 2. The first-order valence-corrected chi connectivity index (χ1v) is 12.7. The topological polar surface area (TPSA) is 98.7 Å². The Morgan fingerprint density at radius 3 is 2.67 bits per heavy atom. The van der Waals surface area contributed by atoms with Gasteiger partial charge in [-0.3, -0.25) is 4.79 Å². The zero-order chi connectivity index (χ0) is 25.7. The lowest BCUT2D eigenvalue weighted by Gasteiger charge is -2.36. The Morgan fingerprint density at radius 1 is 1.28 bits per heavy atom. The summed E-state index contributed by atoms with van der Waals surface area (Å²) in [5, 5.41) is 5.56. The third-order valence-corrected chi connectivity index (χ3v) is 7.02. The maximum absolute atomic E-state index is 13.2. The molecule has 2 atom stereocenters. The highest BCUT2D eigenvalue weighted by atomic mass is 32.2. The molecule has 0 aromatic heterocycles. The molecule has 1 aromatic carbocycles. The minimum absolute atomic E-state index is 0.0572. The van der Waals surface area contributed by atoms with Crippen LogP contribution in [0.3, 0.4) is 0 Å². The van der Waals surface area contributed by atoms with Crippen molar-refractivity contribution in [1.29, 1.82) is 0 Å². The molecular formula is C26H31N3O6S. The molecule has 1 aromatic rings. The van der Waals surface area contributed by atoms with Crippen LogP contribution in [0.1, 0.15) is 37.8 Å². The van der Waals surface area contributed by atoms with Crippen LogP contribution >= 0.6 is 11.8 Å². The van der Waals surface area contributed by atoms with Crippen molar-refractivity contribution in [1.82, 2.24) is 10.2 Å². The Hall–Kier alpha value is -3.24. The molecule has 36 heavy (non-hydrogen) atoms. The quantitative estimate of drug-likeness (QED) is 0.374. The number of amidine groups is 1. The molecule has 0 spiro atoms. The summed E-state index contributed by atoms with van der Waals surface area (Å²) in [6.45, 7) is 6.70. The number of esters is 1. The number of methoxy groups -OCH3 is 2. The van der Waals surface area contributed by atoms with Crippen LogP contribution in [-0.4, -0.2) is 62.0 Å². The van der Waals surface area contributed by atoms with Gasteiger partial charge in [0.2, 0.25) is 5.91 Å². The van der Waals surface area contributed by atoms with E-state index in [9.17, 15) is 9.59 Å². The van der Waals surface area contributed by atoms with Gasteiger partial charge in [0, 0.05) is 24.9 Å². The van der Waals surface area contributed by atoms with Crippen molar-refractivity contribution in [3.8, 4) is 11.5 Å². The van der Waals surface area contributed by atoms with E-state index in [-0.39, 0.29) is 25.0 Å². The van der Waals surface area contributed by atoms with Crippen molar-refractivity contribution in [2.24, 2.45) is 4.99 Å². The summed E-state index contributed by atoms with van der Waals surface area (Å²) in [5.41, 5.74) is 2.41. The van der Waals surface area contributed by atoms with Crippen molar-refractivity contribution in [3.05, 3.63) is 58.8 Å². The number of ether oxygens (including phenoxy) is 4. The van der Waals surface area contributed by atoms with Crippen LogP contribution in [0.2, 0.25) is 0 Å². The smallest absolute Gasteiger partial charge is 0.338 e. The molecule has 9 nitrogen and oxygen atoms in total. The number of amides is 1. The number of fused-ring (bicyclic) bond motifs is 1. The molecule has 3 aliphatic heterocycles. The second kappa shape index (κ2) is 11.7. The van der Waals surface area contributed by atoms with Crippen molar-refractivity contribution in [2.75, 3.05) is 34.0 Å². The summed E-state index contributed by atoms with van der Waals surface area (Å²) in [6, 6.07) is 4.87. The number of rotatable bonds is 10. The molecule has 3 heterocycles. The van der Waals surface area contributed by atoms with Crippen molar-refractivity contribution >= 4 is 28.8 Å². The van der Waals surface area contributed by atoms with Crippen LogP contribution in [-0.2, 0) is 19.1 Å². The fourth-order valence-corrected chi connectivity index (χ4v) is 5.37. The number of hydrogen-bond acceptors (Lipinski definition) is 9. The summed E-state index contributed by atoms with van der Waals surface area (Å²) in [6.07, 6.45) is 3.66. The average Bonchev–Trinajstić information content (AvgIpc) is 3.55. The van der Waals surface area contributed by atoms with E-state index in [2.05, 4.69) is 16.9 Å². The molecule has 1 saturated heterocycles. The van der Waals surface area contributed by atoms with E-state index in [1.54, 1.807) is 27.2 Å². The van der Waals surface area contributed by atoms with Crippen LogP contribution < -0.4 is 14.8 Å². The number of hydrogen-bond donors (Lipinski definition) is 1. The van der Waals surface area contributed by atoms with E-state index in [0.29, 0.717) is 34.5 Å². The Kier molecular flexibility index (Phi) is 8.37. The molecule has 4 rings (SSSR count). The Balaban J connectivity index is 1.67. The van der Waals surface area contributed by atoms with E-state index in [0.717, 1.165) is 30.7 Å². The molecule has 1 N–H and O–H groups in total. The maximum atomic E-state index is 13.2.